The second-order valence-electron chi connectivity index (χ2n) is 5.85. The van der Waals surface area contributed by atoms with Gasteiger partial charge in [0.15, 0.2) is 23.9 Å². The van der Waals surface area contributed by atoms with Crippen LogP contribution in [0, 0.1) is 17.2 Å². The highest BCUT2D eigenvalue weighted by Gasteiger charge is 2.43. The number of rotatable bonds is 7. The van der Waals surface area contributed by atoms with Crippen LogP contribution in [0.1, 0.15) is 37.0 Å². The van der Waals surface area contributed by atoms with Gasteiger partial charge in [-0.15, -0.1) is 0 Å². The Morgan fingerprint density at radius 1 is 1.39 bits per heavy atom. The molecule has 1 fully saturated rings. The molecule has 122 valence electrons. The van der Waals surface area contributed by atoms with Crippen LogP contribution < -0.4 is 14.8 Å². The van der Waals surface area contributed by atoms with E-state index in [1.807, 2.05) is 0 Å². The molecule has 1 amide bonds. The minimum Gasteiger partial charge on any atom is -0.493 e. The number of hydrogen-bond acceptors (Lipinski definition) is 5. The van der Waals surface area contributed by atoms with E-state index in [2.05, 4.69) is 11.4 Å². The lowest BCUT2D eigenvalue weighted by atomic mass is 9.98. The summed E-state index contributed by atoms with van der Waals surface area (Å²) in [5.74, 6) is 0.523. The molecule has 1 atom stereocenters. The van der Waals surface area contributed by atoms with Crippen LogP contribution in [0.4, 0.5) is 0 Å². The van der Waals surface area contributed by atoms with Gasteiger partial charge in [-0.1, -0.05) is 0 Å². The maximum Gasteiger partial charge on any atom is 0.259 e. The summed E-state index contributed by atoms with van der Waals surface area (Å²) in [6.07, 6.45) is 1.90. The minimum absolute atomic E-state index is 0.0817. The molecule has 1 aliphatic carbocycles. The predicted octanol–water partition coefficient (Wildman–Crippen LogP) is 2.09. The van der Waals surface area contributed by atoms with Crippen LogP contribution in [0.2, 0.25) is 0 Å². The van der Waals surface area contributed by atoms with E-state index < -0.39 is 5.54 Å². The molecule has 1 aromatic carbocycles. The summed E-state index contributed by atoms with van der Waals surface area (Å²) < 4.78 is 10.6. The maximum absolute atomic E-state index is 12.0. The number of amides is 1. The van der Waals surface area contributed by atoms with Gasteiger partial charge in [-0.3, -0.25) is 9.59 Å². The molecule has 0 aliphatic heterocycles. The SMILES string of the molecule is COc1cc(C(C)=O)ccc1OCC(=O)N[C@](C)(C#N)C1CC1. The Kier molecular flexibility index (Phi) is 4.89. The number of ether oxygens (including phenoxy) is 2. The van der Waals surface area contributed by atoms with E-state index in [1.54, 1.807) is 25.1 Å². The molecule has 0 saturated heterocycles. The molecule has 6 nitrogen and oxygen atoms in total. The summed E-state index contributed by atoms with van der Waals surface area (Å²) in [5, 5.41) is 12.0. The van der Waals surface area contributed by atoms with Gasteiger partial charge < -0.3 is 14.8 Å². The van der Waals surface area contributed by atoms with Gasteiger partial charge in [0, 0.05) is 5.56 Å². The molecule has 0 spiro atoms. The number of methoxy groups -OCH3 is 1. The van der Waals surface area contributed by atoms with Crippen LogP contribution in [0.15, 0.2) is 18.2 Å². The molecule has 0 radical (unpaired) electrons. The van der Waals surface area contributed by atoms with Gasteiger partial charge in [-0.25, -0.2) is 0 Å². The first-order valence-corrected chi connectivity index (χ1v) is 7.43. The Hall–Kier alpha value is -2.55. The largest absolute Gasteiger partial charge is 0.493 e. The van der Waals surface area contributed by atoms with Crippen LogP contribution in [0.5, 0.6) is 11.5 Å². The molecule has 1 aromatic rings. The van der Waals surface area contributed by atoms with Crippen molar-refractivity contribution in [2.75, 3.05) is 13.7 Å². The Morgan fingerprint density at radius 2 is 2.09 bits per heavy atom. The third kappa shape index (κ3) is 4.01. The maximum atomic E-state index is 12.0. The molecule has 0 bridgehead atoms. The lowest BCUT2D eigenvalue weighted by molar-refractivity contribution is -0.124. The lowest BCUT2D eigenvalue weighted by Gasteiger charge is -2.23. The van der Waals surface area contributed by atoms with Gasteiger partial charge in [-0.2, -0.15) is 5.26 Å². The predicted molar refractivity (Wildman–Crippen MR) is 83.4 cm³/mol. The van der Waals surface area contributed by atoms with Gasteiger partial charge in [0.1, 0.15) is 5.54 Å². The highest BCUT2D eigenvalue weighted by molar-refractivity contribution is 5.94. The Balaban J connectivity index is 1.99. The number of carbonyl (C=O) groups is 2. The quantitative estimate of drug-likeness (QED) is 0.778. The summed E-state index contributed by atoms with van der Waals surface area (Å²) in [5.41, 5.74) is -0.340. The lowest BCUT2D eigenvalue weighted by Crippen LogP contribution is -2.48. The summed E-state index contributed by atoms with van der Waals surface area (Å²) in [6.45, 7) is 2.97. The van der Waals surface area contributed by atoms with Crippen molar-refractivity contribution in [3.63, 3.8) is 0 Å². The van der Waals surface area contributed by atoms with Crippen molar-refractivity contribution in [1.29, 1.82) is 5.26 Å². The fraction of sp³-hybridized carbons (Fsp3) is 0.471. The first-order valence-electron chi connectivity index (χ1n) is 7.43. The van der Waals surface area contributed by atoms with Crippen molar-refractivity contribution in [2.24, 2.45) is 5.92 Å². The van der Waals surface area contributed by atoms with Crippen molar-refractivity contribution in [1.82, 2.24) is 5.32 Å². The van der Waals surface area contributed by atoms with Gasteiger partial charge >= 0.3 is 0 Å². The van der Waals surface area contributed by atoms with E-state index >= 15 is 0 Å². The average molecular weight is 316 g/mol. The molecule has 6 heteroatoms. The zero-order valence-electron chi connectivity index (χ0n) is 13.5. The summed E-state index contributed by atoms with van der Waals surface area (Å²) in [6, 6.07) is 6.93. The summed E-state index contributed by atoms with van der Waals surface area (Å²) in [4.78, 5) is 23.4. The second-order valence-corrected chi connectivity index (χ2v) is 5.85. The number of nitrogens with zero attached hydrogens (tertiary/aromatic N) is 1. The van der Waals surface area contributed by atoms with E-state index in [1.165, 1.54) is 14.0 Å². The second kappa shape index (κ2) is 6.69. The van der Waals surface area contributed by atoms with Crippen LogP contribution >= 0.6 is 0 Å². The van der Waals surface area contributed by atoms with Crippen molar-refractivity contribution < 1.29 is 19.1 Å². The summed E-state index contributed by atoms with van der Waals surface area (Å²) in [7, 11) is 1.46. The number of benzene rings is 1. The van der Waals surface area contributed by atoms with Gasteiger partial charge in [0.05, 0.1) is 13.2 Å². The van der Waals surface area contributed by atoms with E-state index in [0.717, 1.165) is 12.8 Å². The highest BCUT2D eigenvalue weighted by Crippen LogP contribution is 2.39. The van der Waals surface area contributed by atoms with Gasteiger partial charge in [0.2, 0.25) is 0 Å². The normalized spacial score (nSPS) is 15.9. The summed E-state index contributed by atoms with van der Waals surface area (Å²) >= 11 is 0. The van der Waals surface area contributed by atoms with E-state index in [-0.39, 0.29) is 24.2 Å². The number of nitriles is 1. The zero-order chi connectivity index (χ0) is 17.0. The average Bonchev–Trinajstić information content (AvgIpc) is 3.37. The molecule has 1 N–H and O–H groups in total. The first-order chi connectivity index (χ1) is 10.9. The van der Waals surface area contributed by atoms with E-state index in [4.69, 9.17) is 9.47 Å². The molecule has 0 aromatic heterocycles. The Labute approximate surface area is 135 Å². The molecule has 2 rings (SSSR count). The molecule has 23 heavy (non-hydrogen) atoms. The van der Waals surface area contributed by atoms with Crippen LogP contribution in [-0.2, 0) is 4.79 Å². The van der Waals surface area contributed by atoms with Crippen molar-refractivity contribution >= 4 is 11.7 Å². The van der Waals surface area contributed by atoms with Crippen LogP contribution in [-0.4, -0.2) is 30.9 Å². The third-order valence-electron chi connectivity index (χ3n) is 3.95. The number of Topliss-reactive ketones (excluding diaryl/α,β-unsaturated/α-hetero) is 1. The Bertz CT molecular complexity index is 661. The number of carbonyl (C=O) groups excluding carboxylic acids is 2. The first kappa shape index (κ1) is 16.8. The standard InChI is InChI=1S/C17H20N2O4/c1-11(20)12-4-7-14(15(8-12)22-3)23-9-16(21)19-17(2,10-18)13-5-6-13/h4,7-8,13H,5-6,9H2,1-3H3,(H,19,21)/t17-/m1/s1. The smallest absolute Gasteiger partial charge is 0.259 e. The number of hydrogen-bond donors (Lipinski definition) is 1. The molecule has 1 aliphatic rings. The topological polar surface area (TPSA) is 88.4 Å². The van der Waals surface area contributed by atoms with Crippen molar-refractivity contribution in [3.05, 3.63) is 23.8 Å². The fourth-order valence-electron chi connectivity index (χ4n) is 2.36. The highest BCUT2D eigenvalue weighted by atomic mass is 16.5. The Morgan fingerprint density at radius 3 is 2.61 bits per heavy atom. The van der Waals surface area contributed by atoms with E-state index in [0.29, 0.717) is 17.1 Å². The molecular weight excluding hydrogens is 296 g/mol. The van der Waals surface area contributed by atoms with Crippen LogP contribution in [0.3, 0.4) is 0 Å². The molecule has 0 heterocycles. The van der Waals surface area contributed by atoms with Crippen molar-refractivity contribution in [2.45, 2.75) is 32.2 Å². The van der Waals surface area contributed by atoms with Gasteiger partial charge in [0.25, 0.3) is 5.91 Å². The third-order valence-corrected chi connectivity index (χ3v) is 3.95. The minimum atomic E-state index is -0.844. The number of nitrogens with one attached hydrogen (secondary N) is 1. The molecule has 1 saturated carbocycles. The fourth-order valence-corrected chi connectivity index (χ4v) is 2.36. The molecular formula is C17H20N2O4. The molecule has 0 unspecified atom stereocenters. The van der Waals surface area contributed by atoms with Crippen molar-refractivity contribution in [3.8, 4) is 17.6 Å². The van der Waals surface area contributed by atoms with Gasteiger partial charge in [-0.05, 0) is 50.8 Å². The zero-order valence-corrected chi connectivity index (χ0v) is 13.5. The van der Waals surface area contributed by atoms with Crippen LogP contribution in [0.25, 0.3) is 0 Å². The van der Waals surface area contributed by atoms with E-state index in [9.17, 15) is 14.9 Å². The monoisotopic (exact) mass is 316 g/mol. The number of ketones is 1.